The Hall–Kier alpha value is -2.68. The van der Waals surface area contributed by atoms with Crippen molar-refractivity contribution < 1.29 is 9.32 Å². The summed E-state index contributed by atoms with van der Waals surface area (Å²) in [6.45, 7) is 10.2. The number of aromatic nitrogens is 5. The monoisotopic (exact) mass is 400 g/mol. The predicted octanol–water partition coefficient (Wildman–Crippen LogP) is 3.11. The van der Waals surface area contributed by atoms with Crippen molar-refractivity contribution >= 4 is 17.7 Å². The van der Waals surface area contributed by atoms with Crippen molar-refractivity contribution in [1.29, 1.82) is 0 Å². The average molecular weight is 401 g/mol. The van der Waals surface area contributed by atoms with E-state index in [9.17, 15) is 4.79 Å². The molecular weight excluding hydrogens is 376 g/mol. The summed E-state index contributed by atoms with van der Waals surface area (Å²) < 4.78 is 7.02. The molecule has 3 aromatic rings. The highest BCUT2D eigenvalue weighted by Crippen LogP contribution is 2.25. The van der Waals surface area contributed by atoms with Gasteiger partial charge in [0, 0.05) is 19.0 Å². The Balaban J connectivity index is 1.68. The Morgan fingerprint density at radius 3 is 2.71 bits per heavy atom. The molecule has 1 aromatic carbocycles. The minimum atomic E-state index is -0.722. The molecule has 0 atom stereocenters. The zero-order valence-corrected chi connectivity index (χ0v) is 17.5. The van der Waals surface area contributed by atoms with Crippen molar-refractivity contribution in [2.45, 2.75) is 51.9 Å². The molecule has 28 heavy (non-hydrogen) atoms. The first-order valence-electron chi connectivity index (χ1n) is 9.05. The second kappa shape index (κ2) is 8.14. The number of amides is 1. The number of benzene rings is 1. The van der Waals surface area contributed by atoms with Crippen LogP contribution < -0.4 is 5.32 Å². The van der Waals surface area contributed by atoms with Gasteiger partial charge in [0.1, 0.15) is 0 Å². The maximum absolute atomic E-state index is 12.5. The largest absolute Gasteiger partial charge is 0.343 e. The van der Waals surface area contributed by atoms with Gasteiger partial charge < -0.3 is 14.4 Å². The topological polar surface area (TPSA) is 98.7 Å². The lowest BCUT2D eigenvalue weighted by Gasteiger charge is -2.22. The van der Waals surface area contributed by atoms with Crippen molar-refractivity contribution in [3.8, 4) is 11.4 Å². The lowest BCUT2D eigenvalue weighted by Crippen LogP contribution is -2.42. The first kappa shape index (κ1) is 20.1. The maximum Gasteiger partial charge on any atom is 0.231 e. The Labute approximate surface area is 168 Å². The first-order valence-corrected chi connectivity index (χ1v) is 10.0. The second-order valence-electron chi connectivity index (χ2n) is 7.02. The summed E-state index contributed by atoms with van der Waals surface area (Å²) in [5, 5.41) is 16.2. The molecule has 0 fully saturated rings. The van der Waals surface area contributed by atoms with Crippen LogP contribution in [0.3, 0.4) is 0 Å². The lowest BCUT2D eigenvalue weighted by atomic mass is 10.1. The van der Waals surface area contributed by atoms with Crippen LogP contribution >= 0.6 is 11.8 Å². The van der Waals surface area contributed by atoms with Crippen LogP contribution in [0.4, 0.5) is 0 Å². The van der Waals surface area contributed by atoms with Gasteiger partial charge in [-0.1, -0.05) is 40.7 Å². The van der Waals surface area contributed by atoms with Crippen LogP contribution in [0.25, 0.3) is 11.4 Å². The zero-order chi connectivity index (χ0) is 20.3. The summed E-state index contributed by atoms with van der Waals surface area (Å²) in [4.78, 5) is 16.7. The van der Waals surface area contributed by atoms with E-state index in [-0.39, 0.29) is 11.7 Å². The predicted molar refractivity (Wildman–Crippen MR) is 107 cm³/mol. The number of hydrogen-bond acceptors (Lipinski definition) is 7. The molecule has 0 aliphatic heterocycles. The second-order valence-corrected chi connectivity index (χ2v) is 7.96. The molecule has 148 valence electrons. The highest BCUT2D eigenvalue weighted by Gasteiger charge is 2.28. The third-order valence-electron chi connectivity index (χ3n) is 4.18. The molecule has 9 heteroatoms. The van der Waals surface area contributed by atoms with E-state index < -0.39 is 5.54 Å². The number of nitrogens with one attached hydrogen (secondary N) is 1. The van der Waals surface area contributed by atoms with Crippen LogP contribution in [0.1, 0.15) is 38.0 Å². The van der Waals surface area contributed by atoms with Crippen LogP contribution in [0.2, 0.25) is 0 Å². The highest BCUT2D eigenvalue weighted by atomic mass is 32.2. The Bertz CT molecular complexity index is 978. The van der Waals surface area contributed by atoms with E-state index in [4.69, 9.17) is 4.52 Å². The first-order chi connectivity index (χ1) is 13.3. The number of aryl methyl sites for hydroxylation is 2. The fourth-order valence-corrected chi connectivity index (χ4v) is 3.60. The summed E-state index contributed by atoms with van der Waals surface area (Å²) in [6, 6.07) is 8.14. The zero-order valence-electron chi connectivity index (χ0n) is 16.7. The maximum atomic E-state index is 12.5. The number of thioether (sulfide) groups is 1. The Kier molecular flexibility index (Phi) is 5.83. The minimum absolute atomic E-state index is 0.139. The highest BCUT2D eigenvalue weighted by molar-refractivity contribution is 7.99. The van der Waals surface area contributed by atoms with Crippen molar-refractivity contribution in [3.05, 3.63) is 41.5 Å². The smallest absolute Gasteiger partial charge is 0.231 e. The number of rotatable bonds is 7. The number of hydrogen-bond donors (Lipinski definition) is 1. The quantitative estimate of drug-likeness (QED) is 0.608. The Morgan fingerprint density at radius 2 is 2.07 bits per heavy atom. The van der Waals surface area contributed by atoms with Crippen LogP contribution in [0.5, 0.6) is 0 Å². The Morgan fingerprint density at radius 1 is 1.29 bits per heavy atom. The molecule has 0 aliphatic rings. The SMILES string of the molecule is CCn1c(SCC(=O)NC(C)(C)c2noc(C)n2)nnc1-c1cccc(C)c1. The third-order valence-corrected chi connectivity index (χ3v) is 5.15. The fourth-order valence-electron chi connectivity index (χ4n) is 2.80. The molecule has 2 heterocycles. The molecule has 1 N–H and O–H groups in total. The van der Waals surface area contributed by atoms with Gasteiger partial charge in [-0.15, -0.1) is 10.2 Å². The van der Waals surface area contributed by atoms with E-state index in [1.165, 1.54) is 11.8 Å². The molecule has 0 bridgehead atoms. The van der Waals surface area contributed by atoms with E-state index in [0.717, 1.165) is 17.0 Å². The molecule has 1 amide bonds. The lowest BCUT2D eigenvalue weighted by molar-refractivity contribution is -0.120. The number of carbonyl (C=O) groups excluding carboxylic acids is 1. The van der Waals surface area contributed by atoms with Gasteiger partial charge in [-0.05, 0) is 33.8 Å². The number of carbonyl (C=O) groups is 1. The van der Waals surface area contributed by atoms with Gasteiger partial charge in [-0.3, -0.25) is 4.79 Å². The third kappa shape index (κ3) is 4.41. The average Bonchev–Trinajstić information content (AvgIpc) is 3.26. The molecule has 0 spiro atoms. The molecule has 0 unspecified atom stereocenters. The summed E-state index contributed by atoms with van der Waals surface area (Å²) in [7, 11) is 0. The van der Waals surface area contributed by atoms with Crippen molar-refractivity contribution in [1.82, 2.24) is 30.2 Å². The summed E-state index contributed by atoms with van der Waals surface area (Å²) >= 11 is 1.35. The van der Waals surface area contributed by atoms with Gasteiger partial charge in [0.2, 0.25) is 11.8 Å². The summed E-state index contributed by atoms with van der Waals surface area (Å²) in [5.41, 5.74) is 1.45. The van der Waals surface area contributed by atoms with E-state index in [0.29, 0.717) is 23.4 Å². The number of nitrogens with zero attached hydrogens (tertiary/aromatic N) is 5. The molecule has 0 radical (unpaired) electrons. The molecule has 0 saturated heterocycles. The minimum Gasteiger partial charge on any atom is -0.343 e. The van der Waals surface area contributed by atoms with Crippen molar-refractivity contribution in [3.63, 3.8) is 0 Å². The fraction of sp³-hybridized carbons (Fsp3) is 0.421. The van der Waals surface area contributed by atoms with E-state index in [1.54, 1.807) is 6.92 Å². The molecule has 0 saturated carbocycles. The van der Waals surface area contributed by atoms with E-state index in [2.05, 4.69) is 31.7 Å². The van der Waals surface area contributed by atoms with Gasteiger partial charge in [-0.25, -0.2) is 0 Å². The van der Waals surface area contributed by atoms with E-state index >= 15 is 0 Å². The van der Waals surface area contributed by atoms with Gasteiger partial charge in [0.25, 0.3) is 0 Å². The van der Waals surface area contributed by atoms with Crippen molar-refractivity contribution in [2.75, 3.05) is 5.75 Å². The van der Waals surface area contributed by atoms with Gasteiger partial charge >= 0.3 is 0 Å². The van der Waals surface area contributed by atoms with E-state index in [1.807, 2.05) is 50.5 Å². The van der Waals surface area contributed by atoms with Gasteiger partial charge in [0.05, 0.1) is 11.3 Å². The molecule has 2 aromatic heterocycles. The molecular formula is C19H24N6O2S. The van der Waals surface area contributed by atoms with Gasteiger partial charge in [0.15, 0.2) is 16.8 Å². The standard InChI is InChI=1S/C19H24N6O2S/c1-6-25-16(14-9-7-8-12(2)10-14)22-23-18(25)28-11-15(26)21-19(4,5)17-20-13(3)27-24-17/h7-10H,6,11H2,1-5H3,(H,21,26). The normalized spacial score (nSPS) is 11.6. The van der Waals surface area contributed by atoms with Gasteiger partial charge in [-0.2, -0.15) is 4.98 Å². The van der Waals surface area contributed by atoms with Crippen LogP contribution in [-0.2, 0) is 16.9 Å². The van der Waals surface area contributed by atoms with Crippen LogP contribution in [0.15, 0.2) is 33.9 Å². The van der Waals surface area contributed by atoms with Crippen molar-refractivity contribution in [2.24, 2.45) is 0 Å². The van der Waals surface area contributed by atoms with Crippen LogP contribution in [-0.4, -0.2) is 36.6 Å². The summed E-state index contributed by atoms with van der Waals surface area (Å²) in [5.74, 6) is 1.79. The molecule has 3 rings (SSSR count). The summed E-state index contributed by atoms with van der Waals surface area (Å²) in [6.07, 6.45) is 0. The van der Waals surface area contributed by atoms with Crippen LogP contribution in [0, 0.1) is 13.8 Å². The molecule has 0 aliphatic carbocycles. The molecule has 8 nitrogen and oxygen atoms in total.